The minimum atomic E-state index is -3.53. The number of nitrogens with one attached hydrogen (secondary N) is 2. The topological polar surface area (TPSA) is 93.1 Å². The molecule has 0 aliphatic rings. The number of imidazole rings is 1. The average Bonchev–Trinajstić information content (AvgIpc) is 2.94. The number of rotatable bonds is 7. The molecule has 0 spiro atoms. The van der Waals surface area contributed by atoms with Gasteiger partial charge in [0.05, 0.1) is 17.5 Å². The van der Waals surface area contributed by atoms with Crippen LogP contribution in [0.3, 0.4) is 0 Å². The summed E-state index contributed by atoms with van der Waals surface area (Å²) in [6, 6.07) is 6.10. The number of hydrogen-bond acceptors (Lipinski definition) is 4. The molecule has 130 valence electrons. The van der Waals surface area contributed by atoms with Crippen molar-refractivity contribution in [1.82, 2.24) is 14.9 Å². The van der Waals surface area contributed by atoms with Crippen LogP contribution in [0, 0.1) is 0 Å². The molecule has 0 atom stereocenters. The molecule has 0 bridgehead atoms. The number of carbonyl (C=O) groups is 1. The second-order valence-electron chi connectivity index (χ2n) is 4.95. The zero-order valence-corrected chi connectivity index (χ0v) is 13.6. The maximum Gasteiger partial charge on any atom is 0.319 e. The van der Waals surface area contributed by atoms with E-state index in [1.165, 1.54) is 18.3 Å². The fraction of sp³-hybridized carbons (Fsp3) is 0.286. The molecule has 0 aliphatic carbocycles. The molecule has 1 amide bonds. The number of sulfonamides is 1. The van der Waals surface area contributed by atoms with Gasteiger partial charge < -0.3 is 5.32 Å². The highest BCUT2D eigenvalue weighted by atomic mass is 32.2. The molecule has 2 rings (SSSR count). The molecule has 0 saturated carbocycles. The molecule has 0 unspecified atom stereocenters. The van der Waals surface area contributed by atoms with Gasteiger partial charge in [-0.05, 0) is 12.1 Å². The SMILES string of the molecule is CS(=O)(=O)Nc1ccccc1C(=O)NCCc1nccn1C(F)F. The first-order valence-electron chi connectivity index (χ1n) is 6.93. The molecule has 1 heterocycles. The third-order valence-corrected chi connectivity index (χ3v) is 3.65. The number of halogens is 2. The molecule has 1 aromatic heterocycles. The van der Waals surface area contributed by atoms with E-state index in [-0.39, 0.29) is 30.0 Å². The van der Waals surface area contributed by atoms with Crippen LogP contribution in [0.1, 0.15) is 22.7 Å². The Morgan fingerprint density at radius 3 is 2.71 bits per heavy atom. The molecule has 0 aliphatic heterocycles. The molecular weight excluding hydrogens is 342 g/mol. The zero-order valence-electron chi connectivity index (χ0n) is 12.7. The number of carbonyl (C=O) groups excluding carboxylic acids is 1. The van der Waals surface area contributed by atoms with E-state index in [1.54, 1.807) is 12.1 Å². The Labute approximate surface area is 137 Å². The van der Waals surface area contributed by atoms with Crippen molar-refractivity contribution in [3.05, 3.63) is 48.0 Å². The van der Waals surface area contributed by atoms with Gasteiger partial charge >= 0.3 is 6.55 Å². The third kappa shape index (κ3) is 4.75. The number of benzene rings is 1. The maximum atomic E-state index is 12.7. The van der Waals surface area contributed by atoms with Crippen LogP contribution in [-0.2, 0) is 16.4 Å². The van der Waals surface area contributed by atoms with Gasteiger partial charge in [0.15, 0.2) is 0 Å². The Morgan fingerprint density at radius 2 is 2.04 bits per heavy atom. The number of nitrogens with zero attached hydrogens (tertiary/aromatic N) is 2. The smallest absolute Gasteiger partial charge is 0.319 e. The van der Waals surface area contributed by atoms with Crippen LogP contribution in [0.2, 0.25) is 0 Å². The maximum absolute atomic E-state index is 12.7. The van der Waals surface area contributed by atoms with Gasteiger partial charge in [0, 0.05) is 25.4 Å². The Balaban J connectivity index is 2.02. The lowest BCUT2D eigenvalue weighted by molar-refractivity contribution is 0.0670. The summed E-state index contributed by atoms with van der Waals surface area (Å²) in [4.78, 5) is 16.0. The van der Waals surface area contributed by atoms with Crippen LogP contribution in [0.15, 0.2) is 36.7 Å². The molecule has 0 fully saturated rings. The highest BCUT2D eigenvalue weighted by molar-refractivity contribution is 7.92. The van der Waals surface area contributed by atoms with Crippen molar-refractivity contribution in [2.75, 3.05) is 17.5 Å². The quantitative estimate of drug-likeness (QED) is 0.787. The Bertz CT molecular complexity index is 821. The monoisotopic (exact) mass is 358 g/mol. The molecule has 24 heavy (non-hydrogen) atoms. The molecule has 0 saturated heterocycles. The number of hydrogen-bond donors (Lipinski definition) is 2. The van der Waals surface area contributed by atoms with Crippen molar-refractivity contribution < 1.29 is 22.0 Å². The minimum Gasteiger partial charge on any atom is -0.352 e. The first-order valence-corrected chi connectivity index (χ1v) is 8.82. The Hall–Kier alpha value is -2.49. The van der Waals surface area contributed by atoms with Gasteiger partial charge in [-0.2, -0.15) is 8.78 Å². The Kier molecular flexibility index (Phi) is 5.50. The normalized spacial score (nSPS) is 11.5. The summed E-state index contributed by atoms with van der Waals surface area (Å²) < 4.78 is 51.0. The van der Waals surface area contributed by atoms with Crippen molar-refractivity contribution in [3.8, 4) is 0 Å². The molecule has 0 radical (unpaired) electrons. The van der Waals surface area contributed by atoms with Crippen LogP contribution in [0.25, 0.3) is 0 Å². The fourth-order valence-electron chi connectivity index (χ4n) is 2.07. The van der Waals surface area contributed by atoms with Crippen molar-refractivity contribution in [1.29, 1.82) is 0 Å². The van der Waals surface area contributed by atoms with Crippen molar-refractivity contribution in [2.24, 2.45) is 0 Å². The highest BCUT2D eigenvalue weighted by Crippen LogP contribution is 2.16. The van der Waals surface area contributed by atoms with E-state index in [9.17, 15) is 22.0 Å². The van der Waals surface area contributed by atoms with Gasteiger partial charge in [0.1, 0.15) is 5.82 Å². The molecule has 7 nitrogen and oxygen atoms in total. The molecule has 2 aromatic rings. The third-order valence-electron chi connectivity index (χ3n) is 3.06. The van der Waals surface area contributed by atoms with E-state index in [1.807, 2.05) is 0 Å². The summed E-state index contributed by atoms with van der Waals surface area (Å²) in [7, 11) is -3.53. The summed E-state index contributed by atoms with van der Waals surface area (Å²) in [5.74, 6) is -0.371. The van der Waals surface area contributed by atoms with E-state index in [0.717, 1.165) is 12.5 Å². The van der Waals surface area contributed by atoms with Crippen molar-refractivity contribution in [2.45, 2.75) is 13.0 Å². The van der Waals surface area contributed by atoms with Crippen LogP contribution in [0.5, 0.6) is 0 Å². The first-order chi connectivity index (χ1) is 11.3. The zero-order chi connectivity index (χ0) is 17.7. The van der Waals surface area contributed by atoms with E-state index in [4.69, 9.17) is 0 Å². The summed E-state index contributed by atoms with van der Waals surface area (Å²) in [6.07, 6.45) is 3.51. The minimum absolute atomic E-state index is 0.0791. The predicted octanol–water partition coefficient (Wildman–Crippen LogP) is 1.62. The van der Waals surface area contributed by atoms with Gasteiger partial charge in [0.2, 0.25) is 10.0 Å². The standard InChI is InChI=1S/C14H16F2N4O3S/c1-24(22,23)19-11-5-3-2-4-10(11)13(21)18-7-6-12-17-8-9-20(12)14(15)16/h2-5,8-9,14,19H,6-7H2,1H3,(H,18,21). The lowest BCUT2D eigenvalue weighted by atomic mass is 10.1. The summed E-state index contributed by atoms with van der Waals surface area (Å²) in [5.41, 5.74) is 0.284. The number of alkyl halides is 2. The van der Waals surface area contributed by atoms with Crippen molar-refractivity contribution >= 4 is 21.6 Å². The van der Waals surface area contributed by atoms with Crippen LogP contribution in [0.4, 0.5) is 14.5 Å². The second kappa shape index (κ2) is 7.39. The van der Waals surface area contributed by atoms with E-state index in [2.05, 4.69) is 15.0 Å². The van der Waals surface area contributed by atoms with Crippen LogP contribution in [-0.4, -0.2) is 36.7 Å². The van der Waals surface area contributed by atoms with Crippen LogP contribution >= 0.6 is 0 Å². The van der Waals surface area contributed by atoms with Crippen molar-refractivity contribution in [3.63, 3.8) is 0 Å². The fourth-order valence-corrected chi connectivity index (χ4v) is 2.65. The molecule has 10 heteroatoms. The number of aromatic nitrogens is 2. The number of para-hydroxylation sites is 1. The van der Waals surface area contributed by atoms with Gasteiger partial charge in [-0.1, -0.05) is 12.1 Å². The van der Waals surface area contributed by atoms with Crippen LogP contribution < -0.4 is 10.0 Å². The average molecular weight is 358 g/mol. The summed E-state index contributed by atoms with van der Waals surface area (Å²) in [6.45, 7) is -2.62. The van der Waals surface area contributed by atoms with E-state index >= 15 is 0 Å². The van der Waals surface area contributed by atoms with Gasteiger partial charge in [-0.3, -0.25) is 14.1 Å². The Morgan fingerprint density at radius 1 is 1.33 bits per heavy atom. The first kappa shape index (κ1) is 17.9. The predicted molar refractivity (Wildman–Crippen MR) is 84.4 cm³/mol. The second-order valence-corrected chi connectivity index (χ2v) is 6.70. The number of anilines is 1. The van der Waals surface area contributed by atoms with Gasteiger partial charge in [-0.15, -0.1) is 0 Å². The lowest BCUT2D eigenvalue weighted by Gasteiger charge is -2.11. The number of amides is 1. The molecule has 2 N–H and O–H groups in total. The van der Waals surface area contributed by atoms with E-state index in [0.29, 0.717) is 4.57 Å². The van der Waals surface area contributed by atoms with E-state index < -0.39 is 22.5 Å². The van der Waals surface area contributed by atoms with Gasteiger partial charge in [0.25, 0.3) is 5.91 Å². The summed E-state index contributed by atoms with van der Waals surface area (Å²) in [5, 5.41) is 2.56. The largest absolute Gasteiger partial charge is 0.352 e. The highest BCUT2D eigenvalue weighted by Gasteiger charge is 2.15. The molecular formula is C14H16F2N4O3S. The summed E-state index contributed by atoms with van der Waals surface area (Å²) >= 11 is 0. The lowest BCUT2D eigenvalue weighted by Crippen LogP contribution is -2.27. The molecule has 1 aromatic carbocycles. The van der Waals surface area contributed by atoms with Gasteiger partial charge in [-0.25, -0.2) is 13.4 Å².